The summed E-state index contributed by atoms with van der Waals surface area (Å²) >= 11 is 0. The zero-order chi connectivity index (χ0) is 10.7. The lowest BCUT2D eigenvalue weighted by Crippen LogP contribution is -2.27. The van der Waals surface area contributed by atoms with Crippen LogP contribution in [0.1, 0.15) is 12.8 Å². The Labute approximate surface area is 81.0 Å². The number of hydrogen-bond donors (Lipinski definition) is 1. The maximum absolute atomic E-state index is 11.4. The van der Waals surface area contributed by atoms with Crippen molar-refractivity contribution in [1.82, 2.24) is 4.90 Å². The van der Waals surface area contributed by atoms with E-state index in [0.717, 1.165) is 0 Å². The molecule has 1 amide bonds. The molecular weight excluding hydrogens is 186 g/mol. The van der Waals surface area contributed by atoms with Gasteiger partial charge < -0.3 is 10.0 Å². The third-order valence-electron chi connectivity index (χ3n) is 2.17. The van der Waals surface area contributed by atoms with Gasteiger partial charge in [0.25, 0.3) is 0 Å². The predicted octanol–water partition coefficient (Wildman–Crippen LogP) is 0.0222. The topological polar surface area (TPSA) is 74.7 Å². The Bertz CT molecular complexity index is 297. The SMILES string of the molecule is C=CN1CCC(C(=O)CC(=O)O)C1=O. The van der Waals surface area contributed by atoms with Crippen molar-refractivity contribution >= 4 is 17.7 Å². The Morgan fingerprint density at radius 2 is 2.29 bits per heavy atom. The van der Waals surface area contributed by atoms with E-state index in [0.29, 0.717) is 13.0 Å². The Morgan fingerprint density at radius 1 is 1.64 bits per heavy atom. The monoisotopic (exact) mass is 197 g/mol. The van der Waals surface area contributed by atoms with Gasteiger partial charge in [-0.15, -0.1) is 0 Å². The van der Waals surface area contributed by atoms with E-state index in [2.05, 4.69) is 6.58 Å². The van der Waals surface area contributed by atoms with Crippen LogP contribution >= 0.6 is 0 Å². The lowest BCUT2D eigenvalue weighted by Gasteiger charge is -2.09. The van der Waals surface area contributed by atoms with Crippen LogP contribution in [0.5, 0.6) is 0 Å². The van der Waals surface area contributed by atoms with Crippen molar-refractivity contribution in [2.75, 3.05) is 6.54 Å². The van der Waals surface area contributed by atoms with Gasteiger partial charge in [-0.05, 0) is 12.6 Å². The molecule has 0 aliphatic carbocycles. The van der Waals surface area contributed by atoms with E-state index in [4.69, 9.17) is 5.11 Å². The van der Waals surface area contributed by atoms with E-state index in [9.17, 15) is 14.4 Å². The number of rotatable bonds is 4. The molecule has 1 N–H and O–H groups in total. The fourth-order valence-electron chi connectivity index (χ4n) is 1.45. The van der Waals surface area contributed by atoms with E-state index in [1.54, 1.807) is 0 Å². The molecule has 1 rings (SSSR count). The van der Waals surface area contributed by atoms with Gasteiger partial charge in [-0.2, -0.15) is 0 Å². The number of aliphatic carboxylic acids is 1. The zero-order valence-corrected chi connectivity index (χ0v) is 7.60. The van der Waals surface area contributed by atoms with Crippen molar-refractivity contribution in [3.05, 3.63) is 12.8 Å². The summed E-state index contributed by atoms with van der Waals surface area (Å²) in [6.45, 7) is 3.87. The van der Waals surface area contributed by atoms with Crippen LogP contribution in [0.2, 0.25) is 0 Å². The third kappa shape index (κ3) is 1.99. The zero-order valence-electron chi connectivity index (χ0n) is 7.60. The highest BCUT2D eigenvalue weighted by molar-refractivity contribution is 6.08. The molecule has 0 spiro atoms. The fraction of sp³-hybridized carbons (Fsp3) is 0.444. The minimum atomic E-state index is -1.19. The average Bonchev–Trinajstić information content (AvgIpc) is 2.45. The average molecular weight is 197 g/mol. The first-order valence-corrected chi connectivity index (χ1v) is 4.23. The maximum Gasteiger partial charge on any atom is 0.310 e. The number of carboxylic acid groups (broad SMARTS) is 1. The van der Waals surface area contributed by atoms with Gasteiger partial charge in [-0.1, -0.05) is 6.58 Å². The van der Waals surface area contributed by atoms with Crippen molar-refractivity contribution in [2.45, 2.75) is 12.8 Å². The number of hydrogen-bond acceptors (Lipinski definition) is 3. The molecule has 1 unspecified atom stereocenters. The van der Waals surface area contributed by atoms with Gasteiger partial charge in [-0.3, -0.25) is 14.4 Å². The van der Waals surface area contributed by atoms with E-state index in [1.807, 2.05) is 0 Å². The van der Waals surface area contributed by atoms with Crippen LogP contribution in [0.15, 0.2) is 12.8 Å². The van der Waals surface area contributed by atoms with E-state index < -0.39 is 24.1 Å². The highest BCUT2D eigenvalue weighted by Crippen LogP contribution is 2.20. The van der Waals surface area contributed by atoms with Crippen LogP contribution < -0.4 is 0 Å². The molecule has 1 atom stereocenters. The number of likely N-dealkylation sites (tertiary alicyclic amines) is 1. The fourth-order valence-corrected chi connectivity index (χ4v) is 1.45. The number of amides is 1. The number of carbonyl (C=O) groups is 3. The second-order valence-electron chi connectivity index (χ2n) is 3.09. The molecule has 0 bridgehead atoms. The van der Waals surface area contributed by atoms with Crippen LogP contribution in [0.25, 0.3) is 0 Å². The molecule has 0 aromatic rings. The highest BCUT2D eigenvalue weighted by Gasteiger charge is 2.35. The molecule has 0 radical (unpaired) electrons. The Kier molecular flexibility index (Phi) is 3.01. The summed E-state index contributed by atoms with van der Waals surface area (Å²) in [5, 5.41) is 8.39. The Morgan fingerprint density at radius 3 is 2.71 bits per heavy atom. The van der Waals surface area contributed by atoms with E-state index in [-0.39, 0.29) is 5.91 Å². The van der Waals surface area contributed by atoms with Crippen molar-refractivity contribution in [3.63, 3.8) is 0 Å². The minimum Gasteiger partial charge on any atom is -0.481 e. The summed E-state index contributed by atoms with van der Waals surface area (Å²) in [7, 11) is 0. The maximum atomic E-state index is 11.4. The molecule has 0 aromatic heterocycles. The lowest BCUT2D eigenvalue weighted by molar-refractivity contribution is -0.142. The normalized spacial score (nSPS) is 21.0. The molecule has 0 aromatic carbocycles. The summed E-state index contributed by atoms with van der Waals surface area (Å²) in [4.78, 5) is 34.3. The van der Waals surface area contributed by atoms with Crippen LogP contribution in [-0.4, -0.2) is 34.2 Å². The first-order chi connectivity index (χ1) is 6.56. The Hall–Kier alpha value is -1.65. The number of ketones is 1. The molecule has 76 valence electrons. The number of nitrogens with zero attached hydrogens (tertiary/aromatic N) is 1. The van der Waals surface area contributed by atoms with Gasteiger partial charge >= 0.3 is 5.97 Å². The van der Waals surface area contributed by atoms with Gasteiger partial charge in [0.2, 0.25) is 5.91 Å². The van der Waals surface area contributed by atoms with Crippen LogP contribution in [0.3, 0.4) is 0 Å². The van der Waals surface area contributed by atoms with Crippen LogP contribution in [-0.2, 0) is 14.4 Å². The standard InChI is InChI=1S/C9H11NO4/c1-2-10-4-3-6(9(10)14)7(11)5-8(12)13/h2,6H,1,3-5H2,(H,12,13). The first-order valence-electron chi connectivity index (χ1n) is 4.23. The molecule has 1 aliphatic heterocycles. The molecular formula is C9H11NO4. The van der Waals surface area contributed by atoms with Crippen molar-refractivity contribution in [1.29, 1.82) is 0 Å². The Balaban J connectivity index is 2.63. The molecule has 5 heteroatoms. The molecule has 1 aliphatic rings. The van der Waals surface area contributed by atoms with Crippen molar-refractivity contribution < 1.29 is 19.5 Å². The van der Waals surface area contributed by atoms with Crippen LogP contribution in [0.4, 0.5) is 0 Å². The number of Topliss-reactive ketones (excluding diaryl/α,β-unsaturated/α-hetero) is 1. The molecule has 5 nitrogen and oxygen atoms in total. The number of carbonyl (C=O) groups excluding carboxylic acids is 2. The smallest absolute Gasteiger partial charge is 0.310 e. The van der Waals surface area contributed by atoms with Gasteiger partial charge in [-0.25, -0.2) is 0 Å². The summed E-state index contributed by atoms with van der Waals surface area (Å²) in [5.74, 6) is -2.85. The molecule has 14 heavy (non-hydrogen) atoms. The molecule has 1 fully saturated rings. The second kappa shape index (κ2) is 4.04. The summed E-state index contributed by atoms with van der Waals surface area (Å²) < 4.78 is 0. The van der Waals surface area contributed by atoms with Gasteiger partial charge in [0.05, 0.1) is 5.92 Å². The summed E-state index contributed by atoms with van der Waals surface area (Å²) in [6.07, 6.45) is 1.16. The largest absolute Gasteiger partial charge is 0.481 e. The summed E-state index contributed by atoms with van der Waals surface area (Å²) in [6, 6.07) is 0. The lowest BCUT2D eigenvalue weighted by atomic mass is 10.0. The van der Waals surface area contributed by atoms with E-state index in [1.165, 1.54) is 11.1 Å². The minimum absolute atomic E-state index is 0.341. The molecule has 1 heterocycles. The second-order valence-corrected chi connectivity index (χ2v) is 3.09. The van der Waals surface area contributed by atoms with Gasteiger partial charge in [0, 0.05) is 6.54 Å². The first kappa shape index (κ1) is 10.4. The third-order valence-corrected chi connectivity index (χ3v) is 2.17. The summed E-state index contributed by atoms with van der Waals surface area (Å²) in [5.41, 5.74) is 0. The van der Waals surface area contributed by atoms with Crippen molar-refractivity contribution in [2.24, 2.45) is 5.92 Å². The predicted molar refractivity (Wildman–Crippen MR) is 47.3 cm³/mol. The van der Waals surface area contributed by atoms with Gasteiger partial charge in [0.1, 0.15) is 6.42 Å². The van der Waals surface area contributed by atoms with Gasteiger partial charge in [0.15, 0.2) is 5.78 Å². The van der Waals surface area contributed by atoms with Crippen molar-refractivity contribution in [3.8, 4) is 0 Å². The molecule has 1 saturated heterocycles. The van der Waals surface area contributed by atoms with Crippen LogP contribution in [0, 0.1) is 5.92 Å². The van der Waals surface area contributed by atoms with E-state index >= 15 is 0 Å². The molecule has 0 saturated carbocycles. The number of carboxylic acids is 1. The quantitative estimate of drug-likeness (QED) is 0.645. The highest BCUT2D eigenvalue weighted by atomic mass is 16.4.